The minimum absolute atomic E-state index is 0.191. The zero-order chi connectivity index (χ0) is 22.7. The first kappa shape index (κ1) is 21.2. The molecule has 0 N–H and O–H groups in total. The van der Waals surface area contributed by atoms with E-state index < -0.39 is 17.3 Å². The molecule has 4 aromatic rings. The zero-order valence-corrected chi connectivity index (χ0v) is 17.6. The molecule has 0 radical (unpaired) electrons. The standard InChI is InChI=1S/C23H21F2N5O2/c1-3-28(2)22-13-18(11-12-26-22)32-17-9-7-16(8-10-17)30-23(31)29(15-27-30)14-19-20(24)5-4-6-21(19)25/h4-13,15H,3,14H2,1-2H3. The first-order valence-electron chi connectivity index (χ1n) is 9.99. The average Bonchev–Trinajstić information content (AvgIpc) is 3.16. The molecule has 0 atom stereocenters. The molecular weight excluding hydrogens is 416 g/mol. The molecule has 0 bridgehead atoms. The third-order valence-corrected chi connectivity index (χ3v) is 5.02. The van der Waals surface area contributed by atoms with E-state index in [4.69, 9.17) is 4.74 Å². The second-order valence-corrected chi connectivity index (χ2v) is 7.11. The van der Waals surface area contributed by atoms with Crippen LogP contribution in [0.3, 0.4) is 0 Å². The minimum Gasteiger partial charge on any atom is -0.457 e. The minimum atomic E-state index is -0.712. The summed E-state index contributed by atoms with van der Waals surface area (Å²) in [6.45, 7) is 2.59. The van der Waals surface area contributed by atoms with Crippen molar-refractivity contribution in [3.63, 3.8) is 0 Å². The Kier molecular flexibility index (Phi) is 5.98. The summed E-state index contributed by atoms with van der Waals surface area (Å²) in [5.41, 5.74) is -0.206. The zero-order valence-electron chi connectivity index (χ0n) is 17.6. The molecule has 0 saturated carbocycles. The van der Waals surface area contributed by atoms with Gasteiger partial charge in [-0.25, -0.2) is 18.6 Å². The molecule has 4 rings (SSSR count). The maximum Gasteiger partial charge on any atom is 0.350 e. The monoisotopic (exact) mass is 437 g/mol. The second kappa shape index (κ2) is 9.01. The number of hydrogen-bond donors (Lipinski definition) is 0. The van der Waals surface area contributed by atoms with Crippen molar-refractivity contribution in [2.45, 2.75) is 13.5 Å². The van der Waals surface area contributed by atoms with Crippen LogP contribution in [0.5, 0.6) is 11.5 Å². The van der Waals surface area contributed by atoms with E-state index in [-0.39, 0.29) is 12.1 Å². The van der Waals surface area contributed by atoms with Crippen molar-refractivity contribution in [3.05, 3.63) is 94.8 Å². The average molecular weight is 437 g/mol. The van der Waals surface area contributed by atoms with Crippen molar-refractivity contribution in [3.8, 4) is 17.2 Å². The molecule has 164 valence electrons. The van der Waals surface area contributed by atoms with E-state index in [1.165, 1.54) is 12.4 Å². The Labute approximate surface area is 183 Å². The molecule has 0 spiro atoms. The highest BCUT2D eigenvalue weighted by molar-refractivity contribution is 5.45. The number of rotatable bonds is 7. The van der Waals surface area contributed by atoms with Crippen LogP contribution in [0.25, 0.3) is 5.69 Å². The summed E-state index contributed by atoms with van der Waals surface area (Å²) in [6, 6.07) is 14.0. The lowest BCUT2D eigenvalue weighted by Crippen LogP contribution is -2.24. The number of hydrogen-bond acceptors (Lipinski definition) is 5. The molecule has 2 aromatic carbocycles. The SMILES string of the molecule is CCN(C)c1cc(Oc2ccc(-n3ncn(Cc4c(F)cccc4F)c3=O)cc2)ccn1. The van der Waals surface area contributed by atoms with E-state index in [0.29, 0.717) is 17.2 Å². The molecular formula is C23H21F2N5O2. The number of benzene rings is 2. The van der Waals surface area contributed by atoms with Crippen LogP contribution in [0.2, 0.25) is 0 Å². The maximum atomic E-state index is 13.9. The number of pyridine rings is 1. The lowest BCUT2D eigenvalue weighted by molar-refractivity contribution is 0.481. The molecule has 0 aliphatic carbocycles. The van der Waals surface area contributed by atoms with Gasteiger partial charge >= 0.3 is 5.69 Å². The van der Waals surface area contributed by atoms with Crippen molar-refractivity contribution in [1.82, 2.24) is 19.3 Å². The van der Waals surface area contributed by atoms with Crippen LogP contribution >= 0.6 is 0 Å². The van der Waals surface area contributed by atoms with E-state index in [1.807, 2.05) is 24.9 Å². The molecule has 0 aliphatic heterocycles. The Morgan fingerprint density at radius 2 is 1.75 bits per heavy atom. The molecule has 0 saturated heterocycles. The van der Waals surface area contributed by atoms with Gasteiger partial charge in [-0.05, 0) is 49.4 Å². The normalized spacial score (nSPS) is 10.9. The summed E-state index contributed by atoms with van der Waals surface area (Å²) in [4.78, 5) is 19.0. The number of ether oxygens (including phenoxy) is 1. The number of nitrogens with zero attached hydrogens (tertiary/aromatic N) is 5. The summed E-state index contributed by atoms with van der Waals surface area (Å²) in [7, 11) is 1.94. The van der Waals surface area contributed by atoms with Gasteiger partial charge in [-0.3, -0.25) is 4.57 Å². The molecule has 0 unspecified atom stereocenters. The van der Waals surface area contributed by atoms with Crippen LogP contribution in [0, 0.1) is 11.6 Å². The number of halogens is 2. The molecule has 9 heteroatoms. The Morgan fingerprint density at radius 3 is 2.44 bits per heavy atom. The van der Waals surface area contributed by atoms with Crippen molar-refractivity contribution < 1.29 is 13.5 Å². The van der Waals surface area contributed by atoms with Gasteiger partial charge in [0.15, 0.2) is 0 Å². The van der Waals surface area contributed by atoms with Crippen molar-refractivity contribution >= 4 is 5.82 Å². The van der Waals surface area contributed by atoms with Crippen molar-refractivity contribution in [1.29, 1.82) is 0 Å². The molecule has 0 aliphatic rings. The molecule has 32 heavy (non-hydrogen) atoms. The summed E-state index contributed by atoms with van der Waals surface area (Å²) >= 11 is 0. The highest BCUT2D eigenvalue weighted by Crippen LogP contribution is 2.24. The van der Waals surface area contributed by atoms with E-state index in [0.717, 1.165) is 33.7 Å². The van der Waals surface area contributed by atoms with Crippen LogP contribution in [0.1, 0.15) is 12.5 Å². The van der Waals surface area contributed by atoms with Crippen molar-refractivity contribution in [2.75, 3.05) is 18.5 Å². The summed E-state index contributed by atoms with van der Waals surface area (Å²) in [5.74, 6) is 0.582. The van der Waals surface area contributed by atoms with E-state index in [1.54, 1.807) is 36.5 Å². The van der Waals surface area contributed by atoms with Gasteiger partial charge in [-0.15, -0.1) is 0 Å². The van der Waals surface area contributed by atoms with Gasteiger partial charge in [0, 0.05) is 31.4 Å². The van der Waals surface area contributed by atoms with Gasteiger partial charge in [-0.2, -0.15) is 9.78 Å². The highest BCUT2D eigenvalue weighted by atomic mass is 19.1. The van der Waals surface area contributed by atoms with Gasteiger partial charge in [0.1, 0.15) is 35.3 Å². The van der Waals surface area contributed by atoms with Gasteiger partial charge in [-0.1, -0.05) is 6.07 Å². The molecule has 2 aromatic heterocycles. The Morgan fingerprint density at radius 1 is 1.03 bits per heavy atom. The Hall–Kier alpha value is -4.01. The van der Waals surface area contributed by atoms with Crippen molar-refractivity contribution in [2.24, 2.45) is 0 Å². The predicted octanol–water partition coefficient (Wildman–Crippen LogP) is 4.00. The lowest BCUT2D eigenvalue weighted by Gasteiger charge is -2.16. The number of anilines is 1. The second-order valence-electron chi connectivity index (χ2n) is 7.11. The highest BCUT2D eigenvalue weighted by Gasteiger charge is 2.13. The predicted molar refractivity (Wildman–Crippen MR) is 117 cm³/mol. The topological polar surface area (TPSA) is 65.2 Å². The van der Waals surface area contributed by atoms with E-state index in [9.17, 15) is 13.6 Å². The number of aromatic nitrogens is 4. The van der Waals surface area contributed by atoms with Gasteiger partial charge in [0.2, 0.25) is 0 Å². The maximum absolute atomic E-state index is 13.9. The summed E-state index contributed by atoms with van der Waals surface area (Å²) in [6.07, 6.45) is 2.93. The lowest BCUT2D eigenvalue weighted by atomic mass is 10.2. The fraction of sp³-hybridized carbons (Fsp3) is 0.174. The smallest absolute Gasteiger partial charge is 0.350 e. The molecule has 0 amide bonds. The summed E-state index contributed by atoms with van der Waals surface area (Å²) in [5, 5.41) is 4.06. The quantitative estimate of drug-likeness (QED) is 0.437. The third-order valence-electron chi connectivity index (χ3n) is 5.02. The fourth-order valence-corrected chi connectivity index (χ4v) is 3.10. The Balaban J connectivity index is 1.52. The van der Waals surface area contributed by atoms with E-state index in [2.05, 4.69) is 10.1 Å². The van der Waals surface area contributed by atoms with Gasteiger partial charge < -0.3 is 9.64 Å². The first-order valence-corrected chi connectivity index (χ1v) is 9.99. The first-order chi connectivity index (χ1) is 15.5. The van der Waals surface area contributed by atoms with Gasteiger partial charge in [0.25, 0.3) is 0 Å². The van der Waals surface area contributed by atoms with Crippen LogP contribution in [-0.2, 0) is 6.54 Å². The van der Waals surface area contributed by atoms with Crippen LogP contribution in [0.15, 0.2) is 71.9 Å². The van der Waals surface area contributed by atoms with Gasteiger partial charge in [0.05, 0.1) is 12.2 Å². The molecule has 7 nitrogen and oxygen atoms in total. The largest absolute Gasteiger partial charge is 0.457 e. The molecule has 2 heterocycles. The van der Waals surface area contributed by atoms with Crippen LogP contribution < -0.4 is 15.3 Å². The third kappa shape index (κ3) is 4.36. The summed E-state index contributed by atoms with van der Waals surface area (Å²) < 4.78 is 36.0. The molecule has 0 fully saturated rings. The fourth-order valence-electron chi connectivity index (χ4n) is 3.10. The van der Waals surface area contributed by atoms with Crippen LogP contribution in [-0.4, -0.2) is 32.9 Å². The Bertz CT molecular complexity index is 1260. The van der Waals surface area contributed by atoms with Crippen LogP contribution in [0.4, 0.5) is 14.6 Å². The van der Waals surface area contributed by atoms with E-state index >= 15 is 0 Å².